The van der Waals surface area contributed by atoms with Gasteiger partial charge < -0.3 is 5.32 Å². The fraction of sp³-hybridized carbons (Fsp3) is 0.438. The fourth-order valence-corrected chi connectivity index (χ4v) is 2.28. The first-order chi connectivity index (χ1) is 9.16. The van der Waals surface area contributed by atoms with Crippen molar-refractivity contribution in [3.8, 4) is 0 Å². The molecule has 0 bridgehead atoms. The second kappa shape index (κ2) is 6.53. The van der Waals surface area contributed by atoms with Crippen molar-refractivity contribution in [3.63, 3.8) is 0 Å². The van der Waals surface area contributed by atoms with Gasteiger partial charge in [-0.1, -0.05) is 44.2 Å². The number of hydrogen-bond acceptors (Lipinski definition) is 2. The second-order valence-electron chi connectivity index (χ2n) is 5.49. The fourth-order valence-electron chi connectivity index (χ4n) is 2.28. The smallest absolute Gasteiger partial charge is 0.0535 e. The zero-order valence-electron chi connectivity index (χ0n) is 12.0. The molecule has 0 fully saturated rings. The van der Waals surface area contributed by atoms with E-state index in [2.05, 4.69) is 66.6 Å². The van der Waals surface area contributed by atoms with E-state index in [1.807, 2.05) is 6.20 Å². The summed E-state index contributed by atoms with van der Waals surface area (Å²) < 4.78 is 0. The minimum atomic E-state index is 0.399. The molecule has 0 spiro atoms. The van der Waals surface area contributed by atoms with Crippen LogP contribution >= 0.6 is 0 Å². The molecule has 2 N–H and O–H groups in total. The number of rotatable bonds is 6. The molecule has 1 heterocycles. The number of aryl methyl sites for hydroxylation is 1. The number of H-pyrrole nitrogens is 1. The third-order valence-electron chi connectivity index (χ3n) is 3.38. The van der Waals surface area contributed by atoms with Crippen molar-refractivity contribution >= 4 is 0 Å². The van der Waals surface area contributed by atoms with E-state index in [4.69, 9.17) is 0 Å². The highest BCUT2D eigenvalue weighted by atomic mass is 15.1. The number of nitrogens with one attached hydrogen (secondary N) is 2. The Balaban J connectivity index is 2.04. The van der Waals surface area contributed by atoms with Crippen molar-refractivity contribution in [1.82, 2.24) is 15.5 Å². The highest BCUT2D eigenvalue weighted by molar-refractivity contribution is 5.20. The van der Waals surface area contributed by atoms with Crippen molar-refractivity contribution in [2.75, 3.05) is 0 Å². The van der Waals surface area contributed by atoms with Crippen LogP contribution in [0.3, 0.4) is 0 Å². The average molecular weight is 257 g/mol. The predicted molar refractivity (Wildman–Crippen MR) is 78.8 cm³/mol. The first-order valence-electron chi connectivity index (χ1n) is 6.94. The molecule has 19 heavy (non-hydrogen) atoms. The predicted octanol–water partition coefficient (Wildman–Crippen LogP) is 3.60. The lowest BCUT2D eigenvalue weighted by Crippen LogP contribution is -2.22. The van der Waals surface area contributed by atoms with Crippen LogP contribution in [0.5, 0.6) is 0 Å². The van der Waals surface area contributed by atoms with Crippen LogP contribution < -0.4 is 5.32 Å². The lowest BCUT2D eigenvalue weighted by molar-refractivity contribution is 0.428. The number of hydrogen-bond donors (Lipinski definition) is 2. The van der Waals surface area contributed by atoms with Crippen LogP contribution in [0.4, 0.5) is 0 Å². The van der Waals surface area contributed by atoms with E-state index in [9.17, 15) is 0 Å². The normalized spacial score (nSPS) is 12.8. The van der Waals surface area contributed by atoms with Gasteiger partial charge in [-0.05, 0) is 24.8 Å². The standard InChI is InChI=1S/C16H23N3/c1-12(2)9-16(14-7-5-4-6-8-14)17-10-15-11-18-19-13(15)3/h4-8,11-12,16-17H,9-10H2,1-3H3,(H,18,19). The molecule has 3 nitrogen and oxygen atoms in total. The van der Waals surface area contributed by atoms with Crippen molar-refractivity contribution in [1.29, 1.82) is 0 Å². The van der Waals surface area contributed by atoms with Gasteiger partial charge in [-0.25, -0.2) is 0 Å². The van der Waals surface area contributed by atoms with Gasteiger partial charge in [0.05, 0.1) is 6.20 Å². The van der Waals surface area contributed by atoms with E-state index in [-0.39, 0.29) is 0 Å². The minimum absolute atomic E-state index is 0.399. The van der Waals surface area contributed by atoms with Gasteiger partial charge in [0, 0.05) is 23.8 Å². The molecule has 0 aliphatic carbocycles. The van der Waals surface area contributed by atoms with Gasteiger partial charge in [0.15, 0.2) is 0 Å². The molecular weight excluding hydrogens is 234 g/mol. The van der Waals surface area contributed by atoms with Gasteiger partial charge in [-0.2, -0.15) is 5.10 Å². The van der Waals surface area contributed by atoms with Crippen LogP contribution in [0.25, 0.3) is 0 Å². The summed E-state index contributed by atoms with van der Waals surface area (Å²) in [4.78, 5) is 0. The Kier molecular flexibility index (Phi) is 4.74. The molecule has 102 valence electrons. The summed E-state index contributed by atoms with van der Waals surface area (Å²) in [5, 5.41) is 10.7. The molecule has 0 aliphatic rings. The molecule has 0 amide bonds. The maximum Gasteiger partial charge on any atom is 0.0535 e. The zero-order chi connectivity index (χ0) is 13.7. The van der Waals surface area contributed by atoms with E-state index in [1.165, 1.54) is 11.1 Å². The first-order valence-corrected chi connectivity index (χ1v) is 6.94. The van der Waals surface area contributed by atoms with Gasteiger partial charge in [-0.15, -0.1) is 0 Å². The Labute approximate surface area is 115 Å². The highest BCUT2D eigenvalue weighted by Gasteiger charge is 2.13. The maximum atomic E-state index is 4.07. The Morgan fingerprint density at radius 2 is 1.95 bits per heavy atom. The molecule has 2 rings (SSSR count). The SMILES string of the molecule is Cc1[nH]ncc1CNC(CC(C)C)c1ccccc1. The van der Waals surface area contributed by atoms with Gasteiger partial charge in [0.1, 0.15) is 0 Å². The lowest BCUT2D eigenvalue weighted by atomic mass is 9.97. The van der Waals surface area contributed by atoms with E-state index >= 15 is 0 Å². The molecule has 1 aromatic heterocycles. The van der Waals surface area contributed by atoms with Crippen molar-refractivity contribution in [2.24, 2.45) is 5.92 Å². The summed E-state index contributed by atoms with van der Waals surface area (Å²) in [6.07, 6.45) is 3.04. The summed E-state index contributed by atoms with van der Waals surface area (Å²) >= 11 is 0. The molecule has 0 saturated heterocycles. The van der Waals surface area contributed by atoms with Crippen molar-refractivity contribution < 1.29 is 0 Å². The molecule has 1 atom stereocenters. The van der Waals surface area contributed by atoms with E-state index < -0.39 is 0 Å². The van der Waals surface area contributed by atoms with E-state index in [0.29, 0.717) is 12.0 Å². The van der Waals surface area contributed by atoms with Gasteiger partial charge in [-0.3, -0.25) is 5.10 Å². The lowest BCUT2D eigenvalue weighted by Gasteiger charge is -2.21. The third kappa shape index (κ3) is 3.93. The molecule has 3 heteroatoms. The summed E-state index contributed by atoms with van der Waals surface area (Å²) in [6, 6.07) is 11.1. The Hall–Kier alpha value is -1.61. The number of aromatic nitrogens is 2. The second-order valence-corrected chi connectivity index (χ2v) is 5.49. The quantitative estimate of drug-likeness (QED) is 0.830. The van der Waals surface area contributed by atoms with E-state index in [0.717, 1.165) is 18.7 Å². The highest BCUT2D eigenvalue weighted by Crippen LogP contribution is 2.21. The molecule has 1 unspecified atom stereocenters. The van der Waals surface area contributed by atoms with Crippen LogP contribution in [0.1, 0.15) is 43.1 Å². The first kappa shape index (κ1) is 13.8. The molecule has 0 radical (unpaired) electrons. The Morgan fingerprint density at radius 1 is 1.21 bits per heavy atom. The molecule has 0 saturated carbocycles. The third-order valence-corrected chi connectivity index (χ3v) is 3.38. The molecule has 0 aliphatic heterocycles. The van der Waals surface area contributed by atoms with Gasteiger partial charge >= 0.3 is 0 Å². The molecule has 1 aromatic carbocycles. The molecular formula is C16H23N3. The molecule has 2 aromatic rings. The minimum Gasteiger partial charge on any atom is -0.306 e. The van der Waals surface area contributed by atoms with E-state index in [1.54, 1.807) is 0 Å². The topological polar surface area (TPSA) is 40.7 Å². The Morgan fingerprint density at radius 3 is 2.53 bits per heavy atom. The number of benzene rings is 1. The summed E-state index contributed by atoms with van der Waals surface area (Å²) in [6.45, 7) is 7.44. The number of nitrogens with zero attached hydrogens (tertiary/aromatic N) is 1. The average Bonchev–Trinajstić information content (AvgIpc) is 2.81. The number of aromatic amines is 1. The van der Waals surface area contributed by atoms with Crippen LogP contribution in [-0.2, 0) is 6.54 Å². The Bertz CT molecular complexity index is 488. The van der Waals surface area contributed by atoms with Crippen LogP contribution in [0, 0.1) is 12.8 Å². The van der Waals surface area contributed by atoms with Crippen LogP contribution in [-0.4, -0.2) is 10.2 Å². The monoisotopic (exact) mass is 257 g/mol. The summed E-state index contributed by atoms with van der Waals surface area (Å²) in [5.41, 5.74) is 3.74. The zero-order valence-corrected chi connectivity index (χ0v) is 12.0. The van der Waals surface area contributed by atoms with Crippen LogP contribution in [0.15, 0.2) is 36.5 Å². The summed E-state index contributed by atoms with van der Waals surface area (Å²) in [5.74, 6) is 0.670. The van der Waals surface area contributed by atoms with Gasteiger partial charge in [0.25, 0.3) is 0 Å². The van der Waals surface area contributed by atoms with Gasteiger partial charge in [0.2, 0.25) is 0 Å². The van der Waals surface area contributed by atoms with Crippen LogP contribution in [0.2, 0.25) is 0 Å². The largest absolute Gasteiger partial charge is 0.306 e. The summed E-state index contributed by atoms with van der Waals surface area (Å²) in [7, 11) is 0. The van der Waals surface area contributed by atoms with Crippen molar-refractivity contribution in [3.05, 3.63) is 53.3 Å². The maximum absolute atomic E-state index is 4.07. The van der Waals surface area contributed by atoms with Crippen molar-refractivity contribution in [2.45, 2.75) is 39.8 Å².